The summed E-state index contributed by atoms with van der Waals surface area (Å²) in [6.07, 6.45) is 0. The monoisotopic (exact) mass is 273 g/mol. The predicted molar refractivity (Wildman–Crippen MR) is 70.6 cm³/mol. The first-order valence-electron chi connectivity index (χ1n) is 6.35. The van der Waals surface area contributed by atoms with Crippen molar-refractivity contribution in [2.24, 2.45) is 0 Å². The summed E-state index contributed by atoms with van der Waals surface area (Å²) in [6.45, 7) is 1.37. The molecule has 0 aliphatic carbocycles. The van der Waals surface area contributed by atoms with E-state index < -0.39 is 0 Å². The second kappa shape index (κ2) is 4.30. The zero-order valence-corrected chi connectivity index (χ0v) is 10.6. The Morgan fingerprint density at radius 2 is 1.65 bits per heavy atom. The molecular weight excluding hydrogens is 261 g/mol. The fourth-order valence-electron chi connectivity index (χ4n) is 2.44. The van der Waals surface area contributed by atoms with E-state index in [1.54, 1.807) is 12.1 Å². The molecule has 20 heavy (non-hydrogen) atoms. The van der Waals surface area contributed by atoms with Gasteiger partial charge < -0.3 is 19.1 Å². The van der Waals surface area contributed by atoms with Crippen molar-refractivity contribution < 1.29 is 18.6 Å². The van der Waals surface area contributed by atoms with Gasteiger partial charge in [0.15, 0.2) is 18.2 Å². The van der Waals surface area contributed by atoms with Gasteiger partial charge in [-0.2, -0.15) is 0 Å². The Labute approximate surface area is 115 Å². The summed E-state index contributed by atoms with van der Waals surface area (Å²) in [5.74, 6) is 2.04. The maximum atomic E-state index is 13.0. The van der Waals surface area contributed by atoms with Crippen molar-refractivity contribution in [1.29, 1.82) is 0 Å². The van der Waals surface area contributed by atoms with E-state index in [-0.39, 0.29) is 12.6 Å². The SMILES string of the molecule is Fc1ccc(N2COc3cc4c(cc3C2)OCO4)cc1. The summed E-state index contributed by atoms with van der Waals surface area (Å²) in [5, 5.41) is 0. The molecule has 2 aromatic carbocycles. The lowest BCUT2D eigenvalue weighted by Crippen LogP contribution is -2.31. The molecule has 2 aliphatic rings. The number of hydrogen-bond donors (Lipinski definition) is 0. The van der Waals surface area contributed by atoms with Crippen LogP contribution in [0.1, 0.15) is 5.56 Å². The maximum absolute atomic E-state index is 13.0. The number of benzene rings is 2. The van der Waals surface area contributed by atoms with Crippen LogP contribution in [0, 0.1) is 5.82 Å². The highest BCUT2D eigenvalue weighted by Crippen LogP contribution is 2.40. The first-order chi connectivity index (χ1) is 9.79. The number of anilines is 1. The van der Waals surface area contributed by atoms with Crippen molar-refractivity contribution in [2.45, 2.75) is 6.54 Å². The largest absolute Gasteiger partial charge is 0.473 e. The lowest BCUT2D eigenvalue weighted by atomic mass is 10.1. The van der Waals surface area contributed by atoms with Crippen LogP contribution >= 0.6 is 0 Å². The quantitative estimate of drug-likeness (QED) is 0.799. The van der Waals surface area contributed by atoms with Gasteiger partial charge in [0.1, 0.15) is 11.6 Å². The fraction of sp³-hybridized carbons (Fsp3) is 0.200. The molecule has 0 N–H and O–H groups in total. The minimum Gasteiger partial charge on any atom is -0.473 e. The van der Waals surface area contributed by atoms with Crippen LogP contribution in [0.5, 0.6) is 17.2 Å². The van der Waals surface area contributed by atoms with Crippen LogP contribution in [-0.2, 0) is 6.54 Å². The van der Waals surface area contributed by atoms with Crippen molar-refractivity contribution in [2.75, 3.05) is 18.4 Å². The molecule has 2 aromatic rings. The van der Waals surface area contributed by atoms with Gasteiger partial charge in [-0.3, -0.25) is 0 Å². The molecule has 5 heteroatoms. The molecule has 2 heterocycles. The van der Waals surface area contributed by atoms with Crippen molar-refractivity contribution in [3.05, 3.63) is 47.8 Å². The summed E-state index contributed by atoms with van der Waals surface area (Å²) < 4.78 is 29.4. The molecule has 0 bridgehead atoms. The summed E-state index contributed by atoms with van der Waals surface area (Å²) in [7, 11) is 0. The molecule has 102 valence electrons. The Balaban J connectivity index is 1.64. The molecule has 0 aromatic heterocycles. The van der Waals surface area contributed by atoms with Crippen molar-refractivity contribution in [3.8, 4) is 17.2 Å². The van der Waals surface area contributed by atoms with Gasteiger partial charge in [0.25, 0.3) is 0 Å². The van der Waals surface area contributed by atoms with E-state index in [9.17, 15) is 4.39 Å². The third-order valence-corrected chi connectivity index (χ3v) is 3.48. The molecule has 4 nitrogen and oxygen atoms in total. The zero-order chi connectivity index (χ0) is 13.5. The average Bonchev–Trinajstić information content (AvgIpc) is 2.92. The summed E-state index contributed by atoms with van der Waals surface area (Å²) in [4.78, 5) is 2.03. The average molecular weight is 273 g/mol. The molecule has 4 rings (SSSR count). The lowest BCUT2D eigenvalue weighted by molar-refractivity contribution is 0.174. The summed E-state index contributed by atoms with van der Waals surface area (Å²) in [5.41, 5.74) is 1.96. The first-order valence-corrected chi connectivity index (χ1v) is 6.35. The topological polar surface area (TPSA) is 30.9 Å². The smallest absolute Gasteiger partial charge is 0.231 e. The molecule has 0 unspecified atom stereocenters. The molecule has 0 spiro atoms. The molecule has 0 fully saturated rings. The van der Waals surface area contributed by atoms with Gasteiger partial charge in [0.05, 0.1) is 0 Å². The van der Waals surface area contributed by atoms with Crippen LogP contribution in [0.3, 0.4) is 0 Å². The standard InChI is InChI=1S/C15H12FNO3/c16-11-1-3-12(4-2-11)17-7-10-5-14-15(20-9-19-14)6-13(10)18-8-17/h1-6H,7-9H2. The van der Waals surface area contributed by atoms with E-state index >= 15 is 0 Å². The third-order valence-electron chi connectivity index (χ3n) is 3.48. The number of fused-ring (bicyclic) bond motifs is 2. The second-order valence-corrected chi connectivity index (χ2v) is 4.76. The van der Waals surface area contributed by atoms with Gasteiger partial charge in [-0.1, -0.05) is 0 Å². The minimum atomic E-state index is -0.240. The summed E-state index contributed by atoms with van der Waals surface area (Å²) >= 11 is 0. The molecule has 0 saturated heterocycles. The highest BCUT2D eigenvalue weighted by molar-refractivity contribution is 5.56. The van der Waals surface area contributed by atoms with Crippen molar-refractivity contribution in [3.63, 3.8) is 0 Å². The Hall–Kier alpha value is -2.43. The van der Waals surface area contributed by atoms with E-state index in [4.69, 9.17) is 14.2 Å². The van der Waals surface area contributed by atoms with E-state index in [1.807, 2.05) is 17.0 Å². The van der Waals surface area contributed by atoms with Gasteiger partial charge in [-0.15, -0.1) is 0 Å². The normalized spacial score (nSPS) is 15.8. The van der Waals surface area contributed by atoms with Crippen LogP contribution in [0.15, 0.2) is 36.4 Å². The van der Waals surface area contributed by atoms with E-state index in [0.29, 0.717) is 13.3 Å². The molecule has 0 radical (unpaired) electrons. The van der Waals surface area contributed by atoms with Crippen molar-refractivity contribution in [1.82, 2.24) is 0 Å². The van der Waals surface area contributed by atoms with Gasteiger partial charge in [-0.05, 0) is 30.3 Å². The van der Waals surface area contributed by atoms with Crippen LogP contribution in [-0.4, -0.2) is 13.5 Å². The van der Waals surface area contributed by atoms with Crippen molar-refractivity contribution >= 4 is 5.69 Å². The van der Waals surface area contributed by atoms with Crippen LogP contribution < -0.4 is 19.1 Å². The zero-order valence-electron chi connectivity index (χ0n) is 10.6. The highest BCUT2D eigenvalue weighted by atomic mass is 19.1. The number of ether oxygens (including phenoxy) is 3. The molecule has 0 saturated carbocycles. The molecule has 0 amide bonds. The fourth-order valence-corrected chi connectivity index (χ4v) is 2.44. The minimum absolute atomic E-state index is 0.240. The Morgan fingerprint density at radius 3 is 2.45 bits per heavy atom. The Morgan fingerprint density at radius 1 is 0.900 bits per heavy atom. The van der Waals surface area contributed by atoms with Gasteiger partial charge in [0.2, 0.25) is 6.79 Å². The Kier molecular flexibility index (Phi) is 2.45. The number of rotatable bonds is 1. The predicted octanol–water partition coefficient (Wildman–Crippen LogP) is 2.91. The first kappa shape index (κ1) is 11.4. The van der Waals surface area contributed by atoms with Gasteiger partial charge in [-0.25, -0.2) is 4.39 Å². The van der Waals surface area contributed by atoms with Gasteiger partial charge >= 0.3 is 0 Å². The van der Waals surface area contributed by atoms with Gasteiger partial charge in [0, 0.05) is 23.9 Å². The lowest BCUT2D eigenvalue weighted by Gasteiger charge is -2.30. The number of halogens is 1. The van der Waals surface area contributed by atoms with E-state index in [2.05, 4.69) is 0 Å². The maximum Gasteiger partial charge on any atom is 0.231 e. The Bertz CT molecular complexity index is 657. The summed E-state index contributed by atoms with van der Waals surface area (Å²) in [6, 6.07) is 10.2. The second-order valence-electron chi connectivity index (χ2n) is 4.76. The third kappa shape index (κ3) is 1.82. The van der Waals surface area contributed by atoms with Crippen LogP contribution in [0.25, 0.3) is 0 Å². The van der Waals surface area contributed by atoms with Crippen LogP contribution in [0.4, 0.5) is 10.1 Å². The molecule has 2 aliphatic heterocycles. The van der Waals surface area contributed by atoms with E-state index in [1.165, 1.54) is 12.1 Å². The molecule has 0 atom stereocenters. The van der Waals surface area contributed by atoms with E-state index in [0.717, 1.165) is 28.5 Å². The number of hydrogen-bond acceptors (Lipinski definition) is 4. The highest BCUT2D eigenvalue weighted by Gasteiger charge is 2.23. The van der Waals surface area contributed by atoms with Crippen LogP contribution in [0.2, 0.25) is 0 Å². The number of nitrogens with zero attached hydrogens (tertiary/aromatic N) is 1. The molecular formula is C15H12FNO3.